The van der Waals surface area contributed by atoms with E-state index >= 15 is 0 Å². The minimum absolute atomic E-state index is 0.550. The highest BCUT2D eigenvalue weighted by Gasteiger charge is 2.29. The van der Waals surface area contributed by atoms with Gasteiger partial charge in [-0.05, 0) is 39.8 Å². The Morgan fingerprint density at radius 2 is 1.82 bits per heavy atom. The van der Waals surface area contributed by atoms with Crippen LogP contribution in [0.3, 0.4) is 0 Å². The first-order chi connectivity index (χ1) is 8.22. The van der Waals surface area contributed by atoms with Gasteiger partial charge in [-0.15, -0.1) is 0 Å². The van der Waals surface area contributed by atoms with Gasteiger partial charge in [0.15, 0.2) is 0 Å². The Morgan fingerprint density at radius 3 is 2.47 bits per heavy atom. The molecule has 1 saturated heterocycles. The molecule has 1 heterocycles. The van der Waals surface area contributed by atoms with Crippen molar-refractivity contribution < 1.29 is 0 Å². The van der Waals surface area contributed by atoms with Crippen LogP contribution in [-0.4, -0.2) is 54.6 Å². The van der Waals surface area contributed by atoms with Crippen molar-refractivity contribution in [3.63, 3.8) is 0 Å². The van der Waals surface area contributed by atoms with Crippen molar-refractivity contribution in [1.29, 1.82) is 0 Å². The molecule has 0 bridgehead atoms. The van der Waals surface area contributed by atoms with Crippen molar-refractivity contribution in [2.75, 3.05) is 26.7 Å². The monoisotopic (exact) mass is 239 g/mol. The molecule has 1 saturated carbocycles. The van der Waals surface area contributed by atoms with Crippen molar-refractivity contribution in [2.45, 2.75) is 63.6 Å². The van der Waals surface area contributed by atoms with Gasteiger partial charge in [0, 0.05) is 31.2 Å². The van der Waals surface area contributed by atoms with Crippen LogP contribution in [0.25, 0.3) is 0 Å². The molecule has 100 valence electrons. The van der Waals surface area contributed by atoms with E-state index in [1.54, 1.807) is 0 Å². The van der Waals surface area contributed by atoms with Crippen LogP contribution >= 0.6 is 0 Å². The maximum atomic E-state index is 5.95. The largest absolute Gasteiger partial charge is 0.329 e. The Labute approximate surface area is 106 Å². The maximum Gasteiger partial charge on any atom is 0.0345 e. The van der Waals surface area contributed by atoms with Crippen LogP contribution in [0, 0.1) is 0 Å². The summed E-state index contributed by atoms with van der Waals surface area (Å²) in [5.41, 5.74) is 5.95. The number of rotatable bonds is 2. The molecule has 0 aromatic rings. The van der Waals surface area contributed by atoms with Crippen LogP contribution in [-0.2, 0) is 0 Å². The number of nitrogens with two attached hydrogens (primary N) is 1. The molecule has 17 heavy (non-hydrogen) atoms. The molecule has 0 radical (unpaired) electrons. The SMILES string of the molecule is CC1CCN(C2CCCCC2)CC(CN)N1C. The third-order valence-corrected chi connectivity index (χ3v) is 4.91. The Bertz CT molecular complexity index is 226. The summed E-state index contributed by atoms with van der Waals surface area (Å²) in [5, 5.41) is 0. The molecule has 2 fully saturated rings. The lowest BCUT2D eigenvalue weighted by molar-refractivity contribution is 0.133. The third kappa shape index (κ3) is 3.21. The van der Waals surface area contributed by atoms with Crippen LogP contribution in [0.1, 0.15) is 45.4 Å². The summed E-state index contributed by atoms with van der Waals surface area (Å²) in [4.78, 5) is 5.22. The van der Waals surface area contributed by atoms with E-state index in [0.717, 1.165) is 12.6 Å². The fraction of sp³-hybridized carbons (Fsp3) is 1.00. The summed E-state index contributed by atoms with van der Waals surface area (Å²) < 4.78 is 0. The third-order valence-electron chi connectivity index (χ3n) is 4.91. The molecule has 2 rings (SSSR count). The summed E-state index contributed by atoms with van der Waals surface area (Å²) in [7, 11) is 2.24. The van der Waals surface area contributed by atoms with Gasteiger partial charge in [0.25, 0.3) is 0 Å². The molecular formula is C14H29N3. The second-order valence-electron chi connectivity index (χ2n) is 5.98. The van der Waals surface area contributed by atoms with E-state index < -0.39 is 0 Å². The Balaban J connectivity index is 1.98. The summed E-state index contributed by atoms with van der Waals surface area (Å²) in [5.74, 6) is 0. The molecule has 2 N–H and O–H groups in total. The number of nitrogens with zero attached hydrogens (tertiary/aromatic N) is 2. The first kappa shape index (κ1) is 13.3. The second kappa shape index (κ2) is 6.17. The summed E-state index contributed by atoms with van der Waals surface area (Å²) in [6, 6.07) is 2.07. The van der Waals surface area contributed by atoms with Gasteiger partial charge in [-0.1, -0.05) is 19.3 Å². The zero-order valence-electron chi connectivity index (χ0n) is 11.6. The molecule has 0 aromatic heterocycles. The number of hydrogen-bond donors (Lipinski definition) is 1. The van der Waals surface area contributed by atoms with Crippen LogP contribution in [0.2, 0.25) is 0 Å². The quantitative estimate of drug-likeness (QED) is 0.795. The van der Waals surface area contributed by atoms with Crippen molar-refractivity contribution in [1.82, 2.24) is 9.80 Å². The molecular weight excluding hydrogens is 210 g/mol. The molecule has 0 amide bonds. The minimum atomic E-state index is 0.550. The van der Waals surface area contributed by atoms with Gasteiger partial charge in [0.2, 0.25) is 0 Å². The summed E-state index contributed by atoms with van der Waals surface area (Å²) in [6.07, 6.45) is 8.43. The smallest absolute Gasteiger partial charge is 0.0345 e. The Morgan fingerprint density at radius 1 is 1.12 bits per heavy atom. The number of hydrogen-bond acceptors (Lipinski definition) is 3. The Kier molecular flexibility index (Phi) is 4.83. The average molecular weight is 239 g/mol. The average Bonchev–Trinajstić information content (AvgIpc) is 2.52. The Hall–Kier alpha value is -0.120. The van der Waals surface area contributed by atoms with E-state index in [4.69, 9.17) is 5.73 Å². The molecule has 0 aromatic carbocycles. The molecule has 2 atom stereocenters. The molecule has 2 unspecified atom stereocenters. The predicted octanol–water partition coefficient (Wildman–Crippen LogP) is 1.67. The lowest BCUT2D eigenvalue weighted by Crippen LogP contribution is -2.48. The first-order valence-electron chi connectivity index (χ1n) is 7.38. The summed E-state index contributed by atoms with van der Waals surface area (Å²) >= 11 is 0. The molecule has 2 aliphatic rings. The van der Waals surface area contributed by atoms with Crippen molar-refractivity contribution >= 4 is 0 Å². The van der Waals surface area contributed by atoms with E-state index in [2.05, 4.69) is 23.8 Å². The van der Waals surface area contributed by atoms with Crippen molar-refractivity contribution in [3.05, 3.63) is 0 Å². The zero-order valence-corrected chi connectivity index (χ0v) is 11.6. The highest BCUT2D eigenvalue weighted by Crippen LogP contribution is 2.25. The van der Waals surface area contributed by atoms with Gasteiger partial charge in [-0.2, -0.15) is 0 Å². The van der Waals surface area contributed by atoms with E-state index in [1.807, 2.05) is 0 Å². The van der Waals surface area contributed by atoms with Gasteiger partial charge in [-0.25, -0.2) is 0 Å². The van der Waals surface area contributed by atoms with Gasteiger partial charge >= 0.3 is 0 Å². The van der Waals surface area contributed by atoms with Crippen LogP contribution < -0.4 is 5.73 Å². The second-order valence-corrected chi connectivity index (χ2v) is 5.98. The van der Waals surface area contributed by atoms with Crippen molar-refractivity contribution in [2.24, 2.45) is 5.73 Å². The van der Waals surface area contributed by atoms with E-state index in [-0.39, 0.29) is 0 Å². The summed E-state index contributed by atoms with van der Waals surface area (Å²) in [6.45, 7) is 5.59. The van der Waals surface area contributed by atoms with E-state index in [1.165, 1.54) is 51.6 Å². The van der Waals surface area contributed by atoms with Crippen LogP contribution in [0.5, 0.6) is 0 Å². The molecule has 3 nitrogen and oxygen atoms in total. The van der Waals surface area contributed by atoms with Gasteiger partial charge in [-0.3, -0.25) is 9.80 Å². The highest BCUT2D eigenvalue weighted by atomic mass is 15.3. The minimum Gasteiger partial charge on any atom is -0.329 e. The fourth-order valence-corrected chi connectivity index (χ4v) is 3.43. The molecule has 1 aliphatic heterocycles. The lowest BCUT2D eigenvalue weighted by atomic mass is 9.94. The predicted molar refractivity (Wildman–Crippen MR) is 73.1 cm³/mol. The number of likely N-dealkylation sites (N-methyl/N-ethyl adjacent to an activating group) is 1. The van der Waals surface area contributed by atoms with Crippen LogP contribution in [0.15, 0.2) is 0 Å². The van der Waals surface area contributed by atoms with Crippen LogP contribution in [0.4, 0.5) is 0 Å². The molecule has 0 spiro atoms. The van der Waals surface area contributed by atoms with E-state index in [0.29, 0.717) is 12.1 Å². The normalized spacial score (nSPS) is 34.8. The molecule has 3 heteroatoms. The first-order valence-corrected chi connectivity index (χ1v) is 7.38. The van der Waals surface area contributed by atoms with Gasteiger partial charge in [0.1, 0.15) is 0 Å². The fourth-order valence-electron chi connectivity index (χ4n) is 3.43. The molecule has 1 aliphatic carbocycles. The standard InChI is InChI=1S/C14H29N3/c1-12-8-9-17(11-14(10-15)16(12)2)13-6-4-3-5-7-13/h12-14H,3-11,15H2,1-2H3. The maximum absolute atomic E-state index is 5.95. The topological polar surface area (TPSA) is 32.5 Å². The van der Waals surface area contributed by atoms with E-state index in [9.17, 15) is 0 Å². The van der Waals surface area contributed by atoms with Gasteiger partial charge in [0.05, 0.1) is 0 Å². The lowest BCUT2D eigenvalue weighted by Gasteiger charge is -2.36. The van der Waals surface area contributed by atoms with Gasteiger partial charge < -0.3 is 5.73 Å². The highest BCUT2D eigenvalue weighted by molar-refractivity contribution is 4.86. The van der Waals surface area contributed by atoms with Crippen molar-refractivity contribution in [3.8, 4) is 0 Å². The zero-order chi connectivity index (χ0) is 12.3.